The Morgan fingerprint density at radius 3 is 2.53 bits per heavy atom. The minimum atomic E-state index is -1.69. The fraction of sp³-hybridized carbons (Fsp3) is 0.880. The van der Waals surface area contributed by atoms with E-state index in [9.17, 15) is 25.2 Å². The molecule has 0 aromatic carbocycles. The number of carboxylic acids is 1. The van der Waals surface area contributed by atoms with Gasteiger partial charge >= 0.3 is 5.97 Å². The van der Waals surface area contributed by atoms with E-state index >= 15 is 0 Å². The Bertz CT molecular complexity index is 769. The first-order valence-corrected chi connectivity index (χ1v) is 12.4. The van der Waals surface area contributed by atoms with Crippen LogP contribution in [-0.2, 0) is 14.3 Å². The second-order valence-corrected chi connectivity index (χ2v) is 11.6. The third kappa shape index (κ3) is 3.47. The smallest absolute Gasteiger partial charge is 0.335 e. The van der Waals surface area contributed by atoms with Crippen molar-refractivity contribution in [2.45, 2.75) is 102 Å². The van der Waals surface area contributed by atoms with Gasteiger partial charge in [0.1, 0.15) is 18.3 Å². The fourth-order valence-corrected chi connectivity index (χ4v) is 8.18. The topological polar surface area (TPSA) is 116 Å². The number of aliphatic hydroxyl groups is 3. The van der Waals surface area contributed by atoms with E-state index in [1.54, 1.807) is 0 Å². The van der Waals surface area contributed by atoms with Crippen LogP contribution in [0.15, 0.2) is 12.2 Å². The van der Waals surface area contributed by atoms with E-state index in [-0.39, 0.29) is 11.5 Å². The molecule has 12 atom stereocenters. The molecule has 5 rings (SSSR count). The average molecular weight is 451 g/mol. The molecule has 7 heteroatoms. The van der Waals surface area contributed by atoms with Gasteiger partial charge < -0.3 is 29.9 Å². The maximum absolute atomic E-state index is 11.4. The Morgan fingerprint density at radius 1 is 1.00 bits per heavy atom. The summed E-state index contributed by atoms with van der Waals surface area (Å²) in [4.78, 5) is 11.4. The molecule has 3 saturated carbocycles. The number of aliphatic carboxylic acids is 1. The summed E-state index contributed by atoms with van der Waals surface area (Å²) in [7, 11) is 0. The van der Waals surface area contributed by atoms with Gasteiger partial charge in [-0.15, -0.1) is 0 Å². The van der Waals surface area contributed by atoms with E-state index in [1.807, 2.05) is 0 Å². The van der Waals surface area contributed by atoms with E-state index in [1.165, 1.54) is 32.1 Å². The van der Waals surface area contributed by atoms with Crippen molar-refractivity contribution in [2.75, 3.05) is 0 Å². The lowest BCUT2D eigenvalue weighted by Gasteiger charge is -2.60. The zero-order valence-corrected chi connectivity index (χ0v) is 19.1. The van der Waals surface area contributed by atoms with Crippen molar-refractivity contribution in [1.82, 2.24) is 0 Å². The zero-order valence-electron chi connectivity index (χ0n) is 19.1. The fourth-order valence-electron chi connectivity index (χ4n) is 8.18. The second-order valence-electron chi connectivity index (χ2n) is 11.6. The highest BCUT2D eigenvalue weighted by molar-refractivity contribution is 5.73. The van der Waals surface area contributed by atoms with Gasteiger partial charge in [0.25, 0.3) is 0 Å². The molecule has 0 aromatic heterocycles. The van der Waals surface area contributed by atoms with Crippen molar-refractivity contribution < 1.29 is 34.7 Å². The number of ether oxygens (including phenoxy) is 2. The van der Waals surface area contributed by atoms with Crippen LogP contribution >= 0.6 is 0 Å². The van der Waals surface area contributed by atoms with Crippen molar-refractivity contribution in [1.29, 1.82) is 0 Å². The first kappa shape index (κ1) is 22.8. The van der Waals surface area contributed by atoms with Gasteiger partial charge in [-0.25, -0.2) is 4.79 Å². The van der Waals surface area contributed by atoms with E-state index < -0.39 is 36.7 Å². The highest BCUT2D eigenvalue weighted by atomic mass is 16.7. The van der Waals surface area contributed by atoms with Crippen molar-refractivity contribution in [3.8, 4) is 0 Å². The SMILES string of the molecule is CC12C=CCC1C1CCC3CC(OC4OC(C(=O)O)C(O)C(O)C4O)CCC3(C)C1CC2. The van der Waals surface area contributed by atoms with Crippen molar-refractivity contribution in [2.24, 2.45) is 34.5 Å². The maximum atomic E-state index is 11.4. The van der Waals surface area contributed by atoms with Crippen LogP contribution in [0.25, 0.3) is 0 Å². The highest BCUT2D eigenvalue weighted by Crippen LogP contribution is 2.65. The van der Waals surface area contributed by atoms with Crippen LogP contribution in [0.2, 0.25) is 0 Å². The largest absolute Gasteiger partial charge is 0.479 e. The van der Waals surface area contributed by atoms with Crippen molar-refractivity contribution >= 4 is 5.97 Å². The molecule has 0 amide bonds. The lowest BCUT2D eigenvalue weighted by Crippen LogP contribution is -2.61. The monoisotopic (exact) mass is 450 g/mol. The summed E-state index contributed by atoms with van der Waals surface area (Å²) in [6, 6.07) is 0. The lowest BCUT2D eigenvalue weighted by molar-refractivity contribution is -0.309. The number of rotatable bonds is 3. The average Bonchev–Trinajstić information content (AvgIpc) is 3.16. The van der Waals surface area contributed by atoms with Gasteiger partial charge in [0, 0.05) is 0 Å². The Morgan fingerprint density at radius 2 is 1.78 bits per heavy atom. The summed E-state index contributed by atoms with van der Waals surface area (Å²) in [5.41, 5.74) is 0.670. The van der Waals surface area contributed by atoms with E-state index in [0.717, 1.165) is 37.0 Å². The summed E-state index contributed by atoms with van der Waals surface area (Å²) >= 11 is 0. The number of carbonyl (C=O) groups is 1. The normalized spacial score (nSPS) is 55.0. The highest BCUT2D eigenvalue weighted by Gasteiger charge is 2.57. The van der Waals surface area contributed by atoms with Crippen LogP contribution in [0, 0.1) is 34.5 Å². The molecule has 32 heavy (non-hydrogen) atoms. The molecule has 4 aliphatic carbocycles. The first-order valence-electron chi connectivity index (χ1n) is 12.4. The predicted octanol–water partition coefficient (Wildman–Crippen LogP) is 2.47. The molecule has 1 saturated heterocycles. The number of hydrogen-bond donors (Lipinski definition) is 4. The third-order valence-electron chi connectivity index (χ3n) is 10.1. The standard InChI is InChI=1S/C25H38O7/c1-24-9-3-4-16(24)15-6-5-13-12-14(7-11-25(13,2)17(15)8-10-24)31-23-20(28)18(26)19(27)21(32-23)22(29)30/h3,9,13-21,23,26-28H,4-8,10-12H2,1-2H3,(H,29,30). The van der Waals surface area contributed by atoms with Gasteiger partial charge in [-0.05, 0) is 85.9 Å². The molecule has 180 valence electrons. The summed E-state index contributed by atoms with van der Waals surface area (Å²) in [6.07, 6.45) is 6.05. The lowest BCUT2D eigenvalue weighted by atomic mass is 9.45. The summed E-state index contributed by atoms with van der Waals surface area (Å²) in [5, 5.41) is 39.6. The minimum absolute atomic E-state index is 0.150. The molecule has 0 bridgehead atoms. The molecule has 1 aliphatic heterocycles. The second kappa shape index (κ2) is 8.05. The van der Waals surface area contributed by atoms with E-state index in [2.05, 4.69) is 26.0 Å². The van der Waals surface area contributed by atoms with Gasteiger partial charge in [0.2, 0.25) is 0 Å². The van der Waals surface area contributed by atoms with Crippen LogP contribution in [0.3, 0.4) is 0 Å². The molecule has 7 nitrogen and oxygen atoms in total. The van der Waals surface area contributed by atoms with Crippen LogP contribution in [0.5, 0.6) is 0 Å². The Kier molecular flexibility index (Phi) is 5.73. The molecule has 0 aromatic rings. The van der Waals surface area contributed by atoms with Gasteiger partial charge in [0.15, 0.2) is 12.4 Å². The Labute approximate surface area is 189 Å². The molecule has 0 radical (unpaired) electrons. The van der Waals surface area contributed by atoms with Crippen LogP contribution in [0.4, 0.5) is 0 Å². The Balaban J connectivity index is 1.26. The number of allylic oxidation sites excluding steroid dienone is 2. The molecule has 5 aliphatic rings. The number of carboxylic acid groups (broad SMARTS) is 1. The first-order chi connectivity index (χ1) is 15.1. The summed E-state index contributed by atoms with van der Waals surface area (Å²) in [5.74, 6) is 1.47. The van der Waals surface area contributed by atoms with E-state index in [4.69, 9.17) is 9.47 Å². The zero-order chi connectivity index (χ0) is 22.8. The molecule has 1 heterocycles. The molecule has 12 unspecified atom stereocenters. The predicted molar refractivity (Wildman–Crippen MR) is 115 cm³/mol. The number of aliphatic hydroxyl groups excluding tert-OH is 3. The van der Waals surface area contributed by atoms with Gasteiger partial charge in [0.05, 0.1) is 6.10 Å². The van der Waals surface area contributed by atoms with Crippen molar-refractivity contribution in [3.05, 3.63) is 12.2 Å². The van der Waals surface area contributed by atoms with Crippen molar-refractivity contribution in [3.63, 3.8) is 0 Å². The molecule has 4 N–H and O–H groups in total. The van der Waals surface area contributed by atoms with Crippen LogP contribution in [0.1, 0.15) is 65.2 Å². The molecular weight excluding hydrogens is 412 g/mol. The maximum Gasteiger partial charge on any atom is 0.335 e. The van der Waals surface area contributed by atoms with Gasteiger partial charge in [-0.3, -0.25) is 0 Å². The quantitative estimate of drug-likeness (QED) is 0.386. The van der Waals surface area contributed by atoms with Gasteiger partial charge in [-0.2, -0.15) is 0 Å². The van der Waals surface area contributed by atoms with Crippen LogP contribution < -0.4 is 0 Å². The summed E-state index contributed by atoms with van der Waals surface area (Å²) in [6.45, 7) is 4.92. The number of fused-ring (bicyclic) bond motifs is 5. The van der Waals surface area contributed by atoms with Gasteiger partial charge in [-0.1, -0.05) is 26.0 Å². The third-order valence-corrected chi connectivity index (χ3v) is 10.1. The minimum Gasteiger partial charge on any atom is -0.479 e. The van der Waals surface area contributed by atoms with E-state index in [0.29, 0.717) is 11.3 Å². The molecular formula is C25H38O7. The Hall–Kier alpha value is -0.990. The number of hydrogen-bond acceptors (Lipinski definition) is 6. The van der Waals surface area contributed by atoms with Crippen LogP contribution in [-0.4, -0.2) is 63.2 Å². The molecule has 0 spiro atoms. The summed E-state index contributed by atoms with van der Waals surface area (Å²) < 4.78 is 11.4. The molecule has 4 fully saturated rings.